The van der Waals surface area contributed by atoms with Crippen LogP contribution in [0.2, 0.25) is 0 Å². The second kappa shape index (κ2) is 12.4. The summed E-state index contributed by atoms with van der Waals surface area (Å²) in [5, 5.41) is 8.69. The average Bonchev–Trinajstić information content (AvgIpc) is 3.37. The van der Waals surface area contributed by atoms with Crippen molar-refractivity contribution in [3.63, 3.8) is 0 Å². The molecule has 1 aliphatic rings. The number of hydrogen-bond donors (Lipinski definition) is 2. The Labute approximate surface area is 209 Å². The van der Waals surface area contributed by atoms with Crippen LogP contribution in [0.5, 0.6) is 11.5 Å². The number of nitrogens with one attached hydrogen (secondary N) is 2. The zero-order chi connectivity index (χ0) is 24.5. The summed E-state index contributed by atoms with van der Waals surface area (Å²) in [6, 6.07) is 17.2. The zero-order valence-electron chi connectivity index (χ0n) is 19.9. The van der Waals surface area contributed by atoms with Gasteiger partial charge in [0.1, 0.15) is 17.3 Å². The van der Waals surface area contributed by atoms with Crippen LogP contribution >= 0.6 is 11.3 Å². The van der Waals surface area contributed by atoms with Gasteiger partial charge in [0.2, 0.25) is 5.91 Å². The number of ether oxygens (including phenoxy) is 2. The molecule has 35 heavy (non-hydrogen) atoms. The Morgan fingerprint density at radius 2 is 1.66 bits per heavy atom. The van der Waals surface area contributed by atoms with Gasteiger partial charge in [-0.2, -0.15) is 0 Å². The highest BCUT2D eigenvalue weighted by molar-refractivity contribution is 7.09. The number of hydrogen-bond acceptors (Lipinski definition) is 6. The van der Waals surface area contributed by atoms with E-state index in [0.717, 1.165) is 31.2 Å². The van der Waals surface area contributed by atoms with Crippen molar-refractivity contribution in [2.45, 2.75) is 57.2 Å². The van der Waals surface area contributed by atoms with Gasteiger partial charge in [0, 0.05) is 23.9 Å². The van der Waals surface area contributed by atoms with Gasteiger partial charge in [-0.1, -0.05) is 55.3 Å². The van der Waals surface area contributed by atoms with E-state index in [2.05, 4.69) is 15.6 Å². The Kier molecular flexibility index (Phi) is 8.73. The van der Waals surface area contributed by atoms with Crippen molar-refractivity contribution >= 4 is 23.2 Å². The number of thiazole rings is 1. The summed E-state index contributed by atoms with van der Waals surface area (Å²) in [6.45, 7) is 0.252. The van der Waals surface area contributed by atoms with E-state index in [9.17, 15) is 9.59 Å². The van der Waals surface area contributed by atoms with E-state index in [-0.39, 0.29) is 30.5 Å². The summed E-state index contributed by atoms with van der Waals surface area (Å²) in [5.74, 6) is 1.07. The number of aromatic nitrogens is 1. The molecule has 1 aromatic heterocycles. The van der Waals surface area contributed by atoms with E-state index < -0.39 is 0 Å². The van der Waals surface area contributed by atoms with Crippen molar-refractivity contribution in [2.24, 2.45) is 0 Å². The molecule has 0 bridgehead atoms. The molecule has 8 heteroatoms. The number of amides is 2. The third-order valence-corrected chi connectivity index (χ3v) is 6.94. The molecule has 2 aromatic carbocycles. The van der Waals surface area contributed by atoms with Gasteiger partial charge in [-0.3, -0.25) is 9.59 Å². The first-order valence-electron chi connectivity index (χ1n) is 12.0. The monoisotopic (exact) mass is 493 g/mol. The fourth-order valence-electron chi connectivity index (χ4n) is 4.26. The highest BCUT2D eigenvalue weighted by Crippen LogP contribution is 2.27. The molecule has 0 saturated heterocycles. The van der Waals surface area contributed by atoms with E-state index >= 15 is 0 Å². The fraction of sp³-hybridized carbons (Fsp3) is 0.370. The number of aryl methyl sites for hydroxylation is 1. The number of carbonyl (C=O) groups excluding carboxylic acids is 2. The number of rotatable bonds is 10. The molecular formula is C27H31N3O4S. The minimum absolute atomic E-state index is 0.0180. The predicted molar refractivity (Wildman–Crippen MR) is 136 cm³/mol. The maximum Gasteiger partial charge on any atom is 0.271 e. The first-order chi connectivity index (χ1) is 17.1. The van der Waals surface area contributed by atoms with Crippen LogP contribution in [0.3, 0.4) is 0 Å². The lowest BCUT2D eigenvalue weighted by atomic mass is 9.90. The summed E-state index contributed by atoms with van der Waals surface area (Å²) in [4.78, 5) is 29.9. The molecule has 0 aliphatic heterocycles. The lowest BCUT2D eigenvalue weighted by Crippen LogP contribution is -2.53. The molecule has 3 aromatic rings. The summed E-state index contributed by atoms with van der Waals surface area (Å²) < 4.78 is 11.1. The van der Waals surface area contributed by atoms with Gasteiger partial charge in [-0.25, -0.2) is 4.98 Å². The van der Waals surface area contributed by atoms with E-state index in [1.54, 1.807) is 12.5 Å². The Hall–Kier alpha value is -3.39. The third-order valence-electron chi connectivity index (χ3n) is 6.12. The first-order valence-corrected chi connectivity index (χ1v) is 12.8. The molecule has 1 aliphatic carbocycles. The van der Waals surface area contributed by atoms with Gasteiger partial charge in [0.15, 0.2) is 11.5 Å². The van der Waals surface area contributed by atoms with Crippen LogP contribution in [0.1, 0.15) is 53.2 Å². The maximum atomic E-state index is 12.9. The fourth-order valence-corrected chi connectivity index (χ4v) is 4.94. The van der Waals surface area contributed by atoms with Crippen molar-refractivity contribution in [2.75, 3.05) is 7.11 Å². The van der Waals surface area contributed by atoms with Crippen LogP contribution in [0.25, 0.3) is 0 Å². The quantitative estimate of drug-likeness (QED) is 0.433. The molecule has 2 N–H and O–H groups in total. The molecule has 2 amide bonds. The molecule has 1 heterocycles. The average molecular weight is 494 g/mol. The maximum absolute atomic E-state index is 12.9. The lowest BCUT2D eigenvalue weighted by Gasteiger charge is -2.32. The molecule has 184 valence electrons. The smallest absolute Gasteiger partial charge is 0.271 e. The third kappa shape index (κ3) is 7.05. The van der Waals surface area contributed by atoms with Crippen molar-refractivity contribution in [3.05, 3.63) is 76.2 Å². The van der Waals surface area contributed by atoms with Crippen molar-refractivity contribution in [1.29, 1.82) is 0 Å². The second-order valence-electron chi connectivity index (χ2n) is 8.59. The lowest BCUT2D eigenvalue weighted by molar-refractivity contribution is -0.122. The normalized spacial score (nSPS) is 17.4. The SMILES string of the molecule is COc1ccccc1OCc1nc(C(=O)N[C@@H]2CCCC[C@H]2NC(=O)CCc2ccccc2)cs1. The first kappa shape index (κ1) is 24.7. The molecule has 7 nitrogen and oxygen atoms in total. The van der Waals surface area contributed by atoms with Gasteiger partial charge >= 0.3 is 0 Å². The van der Waals surface area contributed by atoms with Gasteiger partial charge < -0.3 is 20.1 Å². The van der Waals surface area contributed by atoms with Crippen molar-refractivity contribution < 1.29 is 19.1 Å². The second-order valence-corrected chi connectivity index (χ2v) is 9.53. The molecular weight excluding hydrogens is 462 g/mol. The zero-order valence-corrected chi connectivity index (χ0v) is 20.7. The largest absolute Gasteiger partial charge is 0.493 e. The summed E-state index contributed by atoms with van der Waals surface area (Å²) in [7, 11) is 1.60. The van der Waals surface area contributed by atoms with Crippen LogP contribution in [-0.4, -0.2) is 36.0 Å². The highest BCUT2D eigenvalue weighted by atomic mass is 32.1. The van der Waals surface area contributed by atoms with Gasteiger partial charge in [-0.15, -0.1) is 11.3 Å². The van der Waals surface area contributed by atoms with Gasteiger partial charge in [0.05, 0.1) is 7.11 Å². The molecule has 4 rings (SSSR count). The molecule has 0 radical (unpaired) electrons. The molecule has 0 spiro atoms. The predicted octanol–water partition coefficient (Wildman–Crippen LogP) is 4.52. The summed E-state index contributed by atoms with van der Waals surface area (Å²) in [5.41, 5.74) is 1.51. The Morgan fingerprint density at radius 3 is 2.40 bits per heavy atom. The van der Waals surface area contributed by atoms with Gasteiger partial charge in [0.25, 0.3) is 5.91 Å². The summed E-state index contributed by atoms with van der Waals surface area (Å²) >= 11 is 1.38. The highest BCUT2D eigenvalue weighted by Gasteiger charge is 2.28. The van der Waals surface area contributed by atoms with Crippen LogP contribution in [0, 0.1) is 0 Å². The standard InChI is InChI=1S/C27H31N3O4S/c1-33-23-13-7-8-14-24(23)34-17-26-29-22(18-35-26)27(32)30-21-12-6-5-11-20(21)28-25(31)16-15-19-9-3-2-4-10-19/h2-4,7-10,13-14,18,20-21H,5-6,11-12,15-17H2,1H3,(H,28,31)(H,30,32)/t20-,21-/m1/s1. The molecule has 1 saturated carbocycles. The van der Waals surface area contributed by atoms with Crippen LogP contribution in [-0.2, 0) is 17.8 Å². The minimum atomic E-state index is -0.222. The molecule has 0 unspecified atom stereocenters. The van der Waals surface area contributed by atoms with E-state index in [1.807, 2.05) is 54.6 Å². The Morgan fingerprint density at radius 1 is 0.971 bits per heavy atom. The topological polar surface area (TPSA) is 89.6 Å². The van der Waals surface area contributed by atoms with Crippen LogP contribution in [0.4, 0.5) is 0 Å². The van der Waals surface area contributed by atoms with Crippen molar-refractivity contribution in [1.82, 2.24) is 15.6 Å². The number of methoxy groups -OCH3 is 1. The Balaban J connectivity index is 1.29. The summed E-state index contributed by atoms with van der Waals surface area (Å²) in [6.07, 6.45) is 4.89. The molecule has 2 atom stereocenters. The van der Waals surface area contributed by atoms with E-state index in [4.69, 9.17) is 9.47 Å². The van der Waals surface area contributed by atoms with E-state index in [1.165, 1.54) is 11.3 Å². The Bertz CT molecular complexity index is 1120. The molecule has 1 fully saturated rings. The number of nitrogens with zero attached hydrogens (tertiary/aromatic N) is 1. The van der Waals surface area contributed by atoms with Crippen LogP contribution < -0.4 is 20.1 Å². The number of carbonyl (C=O) groups is 2. The number of benzene rings is 2. The van der Waals surface area contributed by atoms with Gasteiger partial charge in [-0.05, 0) is 37.0 Å². The number of para-hydroxylation sites is 2. The van der Waals surface area contributed by atoms with Crippen LogP contribution in [0.15, 0.2) is 60.0 Å². The minimum Gasteiger partial charge on any atom is -0.493 e. The van der Waals surface area contributed by atoms with E-state index in [0.29, 0.717) is 35.0 Å². The van der Waals surface area contributed by atoms with Crippen molar-refractivity contribution in [3.8, 4) is 11.5 Å².